The SMILES string of the molecule is C=CCc1c(N)c(NC(=O)[C@@H]2CCC[C@H]2c2ccccc2)c(O)c(CC=C)c1O. The quantitative estimate of drug-likeness (QED) is 0.238. The van der Waals surface area contributed by atoms with E-state index < -0.39 is 0 Å². The van der Waals surface area contributed by atoms with Crippen LogP contribution in [0.2, 0.25) is 0 Å². The molecule has 0 heterocycles. The van der Waals surface area contributed by atoms with Gasteiger partial charge in [0.1, 0.15) is 17.2 Å². The lowest BCUT2D eigenvalue weighted by Crippen LogP contribution is -2.25. The van der Waals surface area contributed by atoms with Gasteiger partial charge in [0.05, 0.1) is 5.69 Å². The molecule has 0 unspecified atom stereocenters. The zero-order chi connectivity index (χ0) is 21.0. The summed E-state index contributed by atoms with van der Waals surface area (Å²) < 4.78 is 0. The summed E-state index contributed by atoms with van der Waals surface area (Å²) in [5, 5.41) is 24.1. The van der Waals surface area contributed by atoms with Crippen LogP contribution in [0.15, 0.2) is 55.6 Å². The van der Waals surface area contributed by atoms with Gasteiger partial charge in [-0.3, -0.25) is 4.79 Å². The molecule has 2 aromatic carbocycles. The average Bonchev–Trinajstić information content (AvgIpc) is 3.22. The van der Waals surface area contributed by atoms with Gasteiger partial charge >= 0.3 is 0 Å². The molecule has 0 spiro atoms. The van der Waals surface area contributed by atoms with Crippen LogP contribution < -0.4 is 11.1 Å². The van der Waals surface area contributed by atoms with Gasteiger partial charge in [-0.2, -0.15) is 0 Å². The number of nitrogens with one attached hydrogen (secondary N) is 1. The molecule has 1 amide bonds. The van der Waals surface area contributed by atoms with Gasteiger partial charge in [-0.05, 0) is 37.2 Å². The molecular weight excluding hydrogens is 364 g/mol. The van der Waals surface area contributed by atoms with Gasteiger partial charge in [0.15, 0.2) is 0 Å². The van der Waals surface area contributed by atoms with Crippen molar-refractivity contribution in [2.24, 2.45) is 5.92 Å². The third kappa shape index (κ3) is 3.99. The summed E-state index contributed by atoms with van der Waals surface area (Å²) in [6.45, 7) is 7.37. The molecule has 2 aromatic rings. The van der Waals surface area contributed by atoms with E-state index in [1.165, 1.54) is 0 Å². The Bertz CT molecular complexity index is 884. The van der Waals surface area contributed by atoms with Crippen molar-refractivity contribution in [2.75, 3.05) is 11.1 Å². The second-order valence-electron chi connectivity index (χ2n) is 7.47. The Balaban J connectivity index is 1.95. The molecule has 1 aliphatic rings. The predicted octanol–water partition coefficient (Wildman–Crippen LogP) is 4.66. The predicted molar refractivity (Wildman–Crippen MR) is 117 cm³/mol. The molecular formula is C24H28N2O3. The topological polar surface area (TPSA) is 95.6 Å². The standard InChI is InChI=1S/C24H28N2O3/c1-3-9-18-20(25)21(23(28)19(10-4-2)22(18)27)26-24(29)17-14-8-13-16(17)15-11-6-5-7-12-15/h3-7,11-12,16-17,27-28H,1-2,8-10,13-14,25H2,(H,26,29)/t16-,17+/m0/s1. The van der Waals surface area contributed by atoms with Crippen LogP contribution in [0.3, 0.4) is 0 Å². The highest BCUT2D eigenvalue weighted by molar-refractivity contribution is 5.99. The molecule has 2 atom stereocenters. The van der Waals surface area contributed by atoms with E-state index in [4.69, 9.17) is 5.73 Å². The maximum absolute atomic E-state index is 13.1. The Labute approximate surface area is 171 Å². The largest absolute Gasteiger partial charge is 0.507 e. The fraction of sp³-hybridized carbons (Fsp3) is 0.292. The van der Waals surface area contributed by atoms with Gasteiger partial charge < -0.3 is 21.3 Å². The summed E-state index contributed by atoms with van der Waals surface area (Å²) in [5.41, 5.74) is 8.42. The number of hydrogen-bond donors (Lipinski definition) is 4. The molecule has 0 saturated heterocycles. The summed E-state index contributed by atoms with van der Waals surface area (Å²) in [7, 11) is 0. The van der Waals surface area contributed by atoms with Crippen molar-refractivity contribution in [3.63, 3.8) is 0 Å². The Hall–Kier alpha value is -3.21. The van der Waals surface area contributed by atoms with E-state index in [0.29, 0.717) is 17.5 Å². The number of phenolic OH excluding ortho intramolecular Hbond substituents is 2. The van der Waals surface area contributed by atoms with E-state index in [9.17, 15) is 15.0 Å². The number of allylic oxidation sites excluding steroid dienone is 2. The van der Waals surface area contributed by atoms with Gasteiger partial charge in [0.2, 0.25) is 5.91 Å². The van der Waals surface area contributed by atoms with Gasteiger partial charge in [-0.1, -0.05) is 48.9 Å². The smallest absolute Gasteiger partial charge is 0.228 e. The molecule has 5 heteroatoms. The van der Waals surface area contributed by atoms with Crippen LogP contribution in [0.4, 0.5) is 11.4 Å². The van der Waals surface area contributed by atoms with Crippen molar-refractivity contribution >= 4 is 17.3 Å². The molecule has 0 aliphatic heterocycles. The zero-order valence-electron chi connectivity index (χ0n) is 16.5. The first-order valence-corrected chi connectivity index (χ1v) is 9.92. The molecule has 152 valence electrons. The molecule has 29 heavy (non-hydrogen) atoms. The van der Waals surface area contributed by atoms with Gasteiger partial charge in [0, 0.05) is 17.0 Å². The fourth-order valence-electron chi connectivity index (χ4n) is 4.26. The summed E-state index contributed by atoms with van der Waals surface area (Å²) >= 11 is 0. The number of carbonyl (C=O) groups is 1. The van der Waals surface area contributed by atoms with Gasteiger partial charge in [-0.25, -0.2) is 0 Å². The third-order valence-corrected chi connectivity index (χ3v) is 5.71. The molecule has 0 bridgehead atoms. The third-order valence-electron chi connectivity index (χ3n) is 5.71. The molecule has 0 aromatic heterocycles. The minimum Gasteiger partial charge on any atom is -0.507 e. The van der Waals surface area contributed by atoms with Crippen LogP contribution in [0, 0.1) is 5.92 Å². The van der Waals surface area contributed by atoms with Crippen molar-refractivity contribution in [3.05, 3.63) is 72.3 Å². The highest BCUT2D eigenvalue weighted by Crippen LogP contribution is 2.46. The summed E-state index contributed by atoms with van der Waals surface area (Å²) in [6.07, 6.45) is 6.47. The van der Waals surface area contributed by atoms with E-state index >= 15 is 0 Å². The highest BCUT2D eigenvalue weighted by Gasteiger charge is 2.35. The summed E-state index contributed by atoms with van der Waals surface area (Å²) in [5.74, 6) is -0.526. The second kappa shape index (κ2) is 8.86. The first kappa shape index (κ1) is 20.5. The normalized spacial score (nSPS) is 18.3. The lowest BCUT2D eigenvalue weighted by molar-refractivity contribution is -0.120. The lowest BCUT2D eigenvalue weighted by Gasteiger charge is -2.22. The fourth-order valence-corrected chi connectivity index (χ4v) is 4.26. The number of amides is 1. The van der Waals surface area contributed by atoms with Crippen LogP contribution in [0.25, 0.3) is 0 Å². The molecule has 5 N–H and O–H groups in total. The number of benzene rings is 2. The zero-order valence-corrected chi connectivity index (χ0v) is 16.5. The van der Waals surface area contributed by atoms with E-state index in [2.05, 4.69) is 18.5 Å². The van der Waals surface area contributed by atoms with Crippen molar-refractivity contribution in [3.8, 4) is 11.5 Å². The number of rotatable bonds is 7. The number of anilines is 2. The molecule has 1 fully saturated rings. The Morgan fingerprint density at radius 2 is 1.72 bits per heavy atom. The van der Waals surface area contributed by atoms with Crippen LogP contribution in [0.5, 0.6) is 11.5 Å². The molecule has 1 aliphatic carbocycles. The van der Waals surface area contributed by atoms with Gasteiger partial charge in [-0.15, -0.1) is 13.2 Å². The Morgan fingerprint density at radius 1 is 1.07 bits per heavy atom. The maximum Gasteiger partial charge on any atom is 0.228 e. The van der Waals surface area contributed by atoms with Crippen molar-refractivity contribution in [1.82, 2.24) is 0 Å². The van der Waals surface area contributed by atoms with Crippen LogP contribution in [-0.4, -0.2) is 16.1 Å². The first-order chi connectivity index (χ1) is 14.0. The van der Waals surface area contributed by atoms with Crippen molar-refractivity contribution in [2.45, 2.75) is 38.0 Å². The van der Waals surface area contributed by atoms with E-state index in [0.717, 1.165) is 24.8 Å². The molecule has 0 radical (unpaired) electrons. The lowest BCUT2D eigenvalue weighted by atomic mass is 9.88. The number of aromatic hydroxyl groups is 2. The number of nitrogen functional groups attached to an aromatic ring is 1. The Kier molecular flexibility index (Phi) is 6.27. The van der Waals surface area contributed by atoms with E-state index in [-0.39, 0.29) is 47.0 Å². The number of carbonyl (C=O) groups excluding carboxylic acids is 1. The monoisotopic (exact) mass is 392 g/mol. The van der Waals surface area contributed by atoms with E-state index in [1.807, 2.05) is 30.3 Å². The van der Waals surface area contributed by atoms with Crippen LogP contribution in [0.1, 0.15) is 41.9 Å². The van der Waals surface area contributed by atoms with Crippen LogP contribution >= 0.6 is 0 Å². The number of nitrogens with two attached hydrogens (primary N) is 1. The van der Waals surface area contributed by atoms with Crippen molar-refractivity contribution < 1.29 is 15.0 Å². The van der Waals surface area contributed by atoms with Crippen LogP contribution in [-0.2, 0) is 17.6 Å². The maximum atomic E-state index is 13.1. The summed E-state index contributed by atoms with van der Waals surface area (Å²) in [6, 6.07) is 10.0. The molecule has 5 nitrogen and oxygen atoms in total. The number of phenols is 2. The molecule has 1 saturated carbocycles. The van der Waals surface area contributed by atoms with E-state index in [1.54, 1.807) is 12.2 Å². The average molecular weight is 392 g/mol. The second-order valence-corrected chi connectivity index (χ2v) is 7.47. The van der Waals surface area contributed by atoms with Crippen molar-refractivity contribution in [1.29, 1.82) is 0 Å². The van der Waals surface area contributed by atoms with Gasteiger partial charge in [0.25, 0.3) is 0 Å². The summed E-state index contributed by atoms with van der Waals surface area (Å²) in [4.78, 5) is 13.1. The Morgan fingerprint density at radius 3 is 2.38 bits per heavy atom. The minimum absolute atomic E-state index is 0.0826. The number of hydrogen-bond acceptors (Lipinski definition) is 4. The molecule has 3 rings (SSSR count). The minimum atomic E-state index is -0.213. The highest BCUT2D eigenvalue weighted by atomic mass is 16.3. The first-order valence-electron chi connectivity index (χ1n) is 9.92.